The first-order chi connectivity index (χ1) is 8.17. The number of carbonyl (C=O) groups excluding carboxylic acids is 1. The summed E-state index contributed by atoms with van der Waals surface area (Å²) in [6.07, 6.45) is 0.627. The van der Waals surface area contributed by atoms with Crippen LogP contribution in [0.1, 0.15) is 21.1 Å². The second kappa shape index (κ2) is 3.90. The van der Waals surface area contributed by atoms with Crippen molar-refractivity contribution in [2.24, 2.45) is 0 Å². The lowest BCUT2D eigenvalue weighted by molar-refractivity contribution is -0.00267. The van der Waals surface area contributed by atoms with Crippen molar-refractivity contribution >= 4 is 28.0 Å². The van der Waals surface area contributed by atoms with Crippen LogP contribution < -0.4 is 0 Å². The van der Waals surface area contributed by atoms with Gasteiger partial charge in [-0.05, 0) is 6.92 Å². The van der Waals surface area contributed by atoms with Crippen LogP contribution in [0.5, 0.6) is 0 Å². The number of likely N-dealkylation sites (tertiary alicyclic amines) is 1. The van der Waals surface area contributed by atoms with E-state index in [1.54, 1.807) is 11.3 Å². The van der Waals surface area contributed by atoms with Crippen LogP contribution in [0.4, 0.5) is 0 Å². The first kappa shape index (κ1) is 10.9. The molecular formula is C11H13N3O2S. The fourth-order valence-electron chi connectivity index (χ4n) is 2.19. The number of β-amino-alcohol motifs (C(OH)–C–C–N with tert-alkyl or cyclic N) is 1. The van der Waals surface area contributed by atoms with Gasteiger partial charge in [0.05, 0.1) is 21.5 Å². The Labute approximate surface area is 102 Å². The summed E-state index contributed by atoms with van der Waals surface area (Å²) in [6.45, 7) is 4.02. The molecule has 1 saturated heterocycles. The van der Waals surface area contributed by atoms with Crippen molar-refractivity contribution in [2.75, 3.05) is 13.1 Å². The Bertz CT molecular complexity index is 569. The molecule has 0 aromatic carbocycles. The maximum atomic E-state index is 11.0. The van der Waals surface area contributed by atoms with E-state index in [0.717, 1.165) is 27.2 Å². The number of thiazole rings is 1. The molecule has 1 aliphatic rings. The largest absolute Gasteiger partial charge is 0.390 e. The molecule has 0 amide bonds. The third-order valence-corrected chi connectivity index (χ3v) is 4.05. The van der Waals surface area contributed by atoms with E-state index in [1.807, 2.05) is 6.92 Å². The van der Waals surface area contributed by atoms with E-state index in [9.17, 15) is 9.90 Å². The SMILES string of the molecule is Cc1nc2[nH]c(C=O)c(CN3CC(O)C3)c2s1. The summed E-state index contributed by atoms with van der Waals surface area (Å²) >= 11 is 1.60. The molecule has 2 N–H and O–H groups in total. The number of nitrogens with zero attached hydrogens (tertiary/aromatic N) is 2. The predicted octanol–water partition coefficient (Wildman–Crippen LogP) is 0.922. The zero-order valence-electron chi connectivity index (χ0n) is 9.43. The zero-order chi connectivity index (χ0) is 12.0. The minimum absolute atomic E-state index is 0.215. The lowest BCUT2D eigenvalue weighted by Gasteiger charge is -2.35. The summed E-state index contributed by atoms with van der Waals surface area (Å²) in [6, 6.07) is 0. The number of carbonyl (C=O) groups is 1. The van der Waals surface area contributed by atoms with E-state index >= 15 is 0 Å². The highest BCUT2D eigenvalue weighted by Gasteiger charge is 2.26. The Kier molecular flexibility index (Phi) is 2.50. The Morgan fingerprint density at radius 2 is 2.41 bits per heavy atom. The van der Waals surface area contributed by atoms with Crippen LogP contribution >= 0.6 is 11.3 Å². The molecule has 1 aliphatic heterocycles. The molecule has 2 aromatic rings. The normalized spacial score (nSPS) is 17.5. The number of rotatable bonds is 3. The molecule has 2 aromatic heterocycles. The van der Waals surface area contributed by atoms with Crippen LogP contribution in [0.2, 0.25) is 0 Å². The molecule has 0 atom stereocenters. The van der Waals surface area contributed by atoms with E-state index in [1.165, 1.54) is 0 Å². The van der Waals surface area contributed by atoms with Gasteiger partial charge in [0.25, 0.3) is 0 Å². The lowest BCUT2D eigenvalue weighted by atomic mass is 10.1. The first-order valence-electron chi connectivity index (χ1n) is 5.51. The van der Waals surface area contributed by atoms with Crippen LogP contribution in [-0.2, 0) is 6.54 Å². The van der Waals surface area contributed by atoms with Crippen molar-refractivity contribution in [3.63, 3.8) is 0 Å². The Hall–Kier alpha value is -1.24. The molecule has 3 heterocycles. The van der Waals surface area contributed by atoms with E-state index in [-0.39, 0.29) is 6.10 Å². The van der Waals surface area contributed by atoms with Crippen molar-refractivity contribution in [3.8, 4) is 0 Å². The number of nitrogens with one attached hydrogen (secondary N) is 1. The summed E-state index contributed by atoms with van der Waals surface area (Å²) in [5.41, 5.74) is 2.42. The third kappa shape index (κ3) is 1.78. The van der Waals surface area contributed by atoms with E-state index in [4.69, 9.17) is 0 Å². The standard InChI is InChI=1S/C11H13N3O2S/c1-6-12-11-10(17-6)8(9(5-15)13-11)4-14-2-7(16)3-14/h5,7,13,16H,2-4H2,1H3. The van der Waals surface area contributed by atoms with Gasteiger partial charge in [-0.25, -0.2) is 4.98 Å². The van der Waals surface area contributed by atoms with Crippen molar-refractivity contribution in [2.45, 2.75) is 19.6 Å². The summed E-state index contributed by atoms with van der Waals surface area (Å²) < 4.78 is 1.06. The van der Waals surface area contributed by atoms with Gasteiger partial charge in [-0.15, -0.1) is 11.3 Å². The Balaban J connectivity index is 1.96. The molecule has 0 saturated carbocycles. The van der Waals surface area contributed by atoms with Gasteiger partial charge in [-0.3, -0.25) is 9.69 Å². The molecule has 0 bridgehead atoms. The van der Waals surface area contributed by atoms with Gasteiger partial charge >= 0.3 is 0 Å². The van der Waals surface area contributed by atoms with Crippen LogP contribution in [-0.4, -0.2) is 45.5 Å². The van der Waals surface area contributed by atoms with Crippen LogP contribution in [0, 0.1) is 6.92 Å². The smallest absolute Gasteiger partial charge is 0.166 e. The minimum atomic E-state index is -0.215. The summed E-state index contributed by atoms with van der Waals surface area (Å²) in [4.78, 5) is 20.5. The Morgan fingerprint density at radius 1 is 1.65 bits per heavy atom. The molecule has 0 unspecified atom stereocenters. The highest BCUT2D eigenvalue weighted by molar-refractivity contribution is 7.18. The second-order valence-corrected chi connectivity index (χ2v) is 5.60. The van der Waals surface area contributed by atoms with E-state index in [2.05, 4.69) is 14.9 Å². The maximum Gasteiger partial charge on any atom is 0.166 e. The fraction of sp³-hybridized carbons (Fsp3) is 0.455. The highest BCUT2D eigenvalue weighted by Crippen LogP contribution is 2.29. The van der Waals surface area contributed by atoms with Crippen molar-refractivity contribution in [3.05, 3.63) is 16.3 Å². The van der Waals surface area contributed by atoms with Crippen LogP contribution in [0.3, 0.4) is 0 Å². The molecule has 6 heteroatoms. The number of hydrogen-bond acceptors (Lipinski definition) is 5. The number of H-pyrrole nitrogens is 1. The van der Waals surface area contributed by atoms with Crippen molar-refractivity contribution in [1.82, 2.24) is 14.9 Å². The number of aliphatic hydroxyl groups excluding tert-OH is 1. The van der Waals surface area contributed by atoms with E-state index < -0.39 is 0 Å². The van der Waals surface area contributed by atoms with Gasteiger partial charge in [0, 0.05) is 25.2 Å². The highest BCUT2D eigenvalue weighted by atomic mass is 32.1. The number of aryl methyl sites for hydroxylation is 1. The fourth-order valence-corrected chi connectivity index (χ4v) is 3.12. The maximum absolute atomic E-state index is 11.0. The molecule has 0 aliphatic carbocycles. The third-order valence-electron chi connectivity index (χ3n) is 3.02. The molecular weight excluding hydrogens is 238 g/mol. The summed E-state index contributed by atoms with van der Waals surface area (Å²) in [5.74, 6) is 0. The molecule has 0 spiro atoms. The molecule has 0 radical (unpaired) electrons. The number of aromatic nitrogens is 2. The summed E-state index contributed by atoms with van der Waals surface area (Å²) in [5, 5.41) is 10.3. The molecule has 17 heavy (non-hydrogen) atoms. The van der Waals surface area contributed by atoms with Gasteiger partial charge in [-0.1, -0.05) is 0 Å². The number of aldehydes is 1. The lowest BCUT2D eigenvalue weighted by Crippen LogP contribution is -2.49. The van der Waals surface area contributed by atoms with Gasteiger partial charge < -0.3 is 10.1 Å². The van der Waals surface area contributed by atoms with E-state index in [0.29, 0.717) is 25.3 Å². The number of hydrogen-bond donors (Lipinski definition) is 2. The summed E-state index contributed by atoms with van der Waals surface area (Å²) in [7, 11) is 0. The number of aromatic amines is 1. The van der Waals surface area contributed by atoms with Gasteiger partial charge in [0.1, 0.15) is 5.65 Å². The average molecular weight is 251 g/mol. The number of aliphatic hydroxyl groups is 1. The molecule has 3 rings (SSSR count). The molecule has 90 valence electrons. The Morgan fingerprint density at radius 3 is 3.06 bits per heavy atom. The van der Waals surface area contributed by atoms with Gasteiger partial charge in [0.2, 0.25) is 0 Å². The molecule has 5 nitrogen and oxygen atoms in total. The van der Waals surface area contributed by atoms with Gasteiger partial charge in [0.15, 0.2) is 6.29 Å². The van der Waals surface area contributed by atoms with Crippen molar-refractivity contribution in [1.29, 1.82) is 0 Å². The molecule has 1 fully saturated rings. The predicted molar refractivity (Wildman–Crippen MR) is 65.4 cm³/mol. The van der Waals surface area contributed by atoms with Crippen molar-refractivity contribution < 1.29 is 9.90 Å². The topological polar surface area (TPSA) is 69.2 Å². The number of fused-ring (bicyclic) bond motifs is 1. The first-order valence-corrected chi connectivity index (χ1v) is 6.32. The average Bonchev–Trinajstić information content (AvgIpc) is 2.73. The quantitative estimate of drug-likeness (QED) is 0.796. The minimum Gasteiger partial charge on any atom is -0.390 e. The zero-order valence-corrected chi connectivity index (χ0v) is 10.3. The van der Waals surface area contributed by atoms with Crippen LogP contribution in [0.15, 0.2) is 0 Å². The monoisotopic (exact) mass is 251 g/mol. The second-order valence-electron chi connectivity index (χ2n) is 4.39. The van der Waals surface area contributed by atoms with Crippen LogP contribution in [0.25, 0.3) is 10.3 Å². The van der Waals surface area contributed by atoms with Gasteiger partial charge in [-0.2, -0.15) is 0 Å².